The van der Waals surface area contributed by atoms with Crippen LogP contribution in [-0.2, 0) is 5.11 Å². The maximum absolute atomic E-state index is 9.76. The fourth-order valence-corrected chi connectivity index (χ4v) is 0.374. The van der Waals surface area contributed by atoms with Gasteiger partial charge in [-0.05, 0) is 19.5 Å². The topological polar surface area (TPSA) is 31.9 Å². The quantitative estimate of drug-likeness (QED) is 0.512. The maximum atomic E-state index is 9.76. The molecule has 0 aromatic rings. The fourth-order valence-electron chi connectivity index (χ4n) is 0.374. The molecule has 1 radical (unpaired) electrons. The van der Waals surface area contributed by atoms with E-state index in [-0.39, 0.29) is 6.61 Å². The highest BCUT2D eigenvalue weighted by Crippen LogP contribution is 1.69. The summed E-state index contributed by atoms with van der Waals surface area (Å²) in [5.41, 5.74) is 0. The molecule has 0 saturated carbocycles. The number of rotatable bonds is 4. The highest BCUT2D eigenvalue weighted by atomic mass is 16.3. The first-order chi connectivity index (χ1) is 3.41. The van der Waals surface area contributed by atoms with Crippen molar-refractivity contribution in [3.8, 4) is 0 Å². The predicted molar refractivity (Wildman–Crippen MR) is 28.7 cm³/mol. The highest BCUT2D eigenvalue weighted by Gasteiger charge is 1.79. The minimum absolute atomic E-state index is 0.0486. The number of hydrogen-bond acceptors (Lipinski definition) is 1. The van der Waals surface area contributed by atoms with Gasteiger partial charge in [-0.1, -0.05) is 6.92 Å². The summed E-state index contributed by atoms with van der Waals surface area (Å²) in [5, 5.41) is 12.8. The molecule has 0 aromatic heterocycles. The molecule has 0 fully saturated rings. The first kappa shape index (κ1) is 6.92. The third-order valence-electron chi connectivity index (χ3n) is 0.748. The second kappa shape index (κ2) is 5.92. The van der Waals surface area contributed by atoms with Crippen molar-refractivity contribution in [1.29, 1.82) is 0 Å². The van der Waals surface area contributed by atoms with Gasteiger partial charge in [0, 0.05) is 0 Å². The molecule has 0 heterocycles. The SMILES string of the molecule is CCNCCC[O]. The average Bonchev–Trinajstić information content (AvgIpc) is 1.69. The van der Waals surface area contributed by atoms with Gasteiger partial charge in [-0.25, -0.2) is 5.11 Å². The average molecular weight is 102 g/mol. The van der Waals surface area contributed by atoms with Gasteiger partial charge in [0.25, 0.3) is 0 Å². The van der Waals surface area contributed by atoms with E-state index in [4.69, 9.17) is 0 Å². The van der Waals surface area contributed by atoms with E-state index in [1.807, 2.05) is 6.92 Å². The Morgan fingerprint density at radius 2 is 2.29 bits per heavy atom. The van der Waals surface area contributed by atoms with E-state index in [1.165, 1.54) is 0 Å². The van der Waals surface area contributed by atoms with Gasteiger partial charge < -0.3 is 5.32 Å². The molecule has 0 aromatic carbocycles. The van der Waals surface area contributed by atoms with E-state index in [1.54, 1.807) is 0 Å². The smallest absolute Gasteiger partial charge is 0.0834 e. The molecule has 0 aliphatic rings. The monoisotopic (exact) mass is 102 g/mol. The zero-order valence-corrected chi connectivity index (χ0v) is 4.74. The zero-order valence-electron chi connectivity index (χ0n) is 4.74. The van der Waals surface area contributed by atoms with E-state index < -0.39 is 0 Å². The molecule has 2 nitrogen and oxygen atoms in total. The Bertz CT molecular complexity index is 27.3. The molecule has 0 spiro atoms. The van der Waals surface area contributed by atoms with E-state index in [0.29, 0.717) is 0 Å². The fraction of sp³-hybridized carbons (Fsp3) is 1.00. The summed E-state index contributed by atoms with van der Waals surface area (Å²) >= 11 is 0. The van der Waals surface area contributed by atoms with Crippen molar-refractivity contribution in [1.82, 2.24) is 5.32 Å². The molecule has 0 bridgehead atoms. The summed E-state index contributed by atoms with van der Waals surface area (Å²) in [7, 11) is 0. The summed E-state index contributed by atoms with van der Waals surface area (Å²) in [6.45, 7) is 3.93. The molecule has 0 atom stereocenters. The third-order valence-corrected chi connectivity index (χ3v) is 0.748. The summed E-state index contributed by atoms with van der Waals surface area (Å²) in [6.07, 6.45) is 0.758. The molecule has 1 N–H and O–H groups in total. The second-order valence-corrected chi connectivity index (χ2v) is 1.41. The molecule has 0 amide bonds. The van der Waals surface area contributed by atoms with Crippen molar-refractivity contribution in [2.24, 2.45) is 0 Å². The second-order valence-electron chi connectivity index (χ2n) is 1.41. The van der Waals surface area contributed by atoms with Crippen molar-refractivity contribution >= 4 is 0 Å². The van der Waals surface area contributed by atoms with Crippen molar-refractivity contribution in [3.05, 3.63) is 0 Å². The van der Waals surface area contributed by atoms with Gasteiger partial charge in [0.05, 0.1) is 6.61 Å². The lowest BCUT2D eigenvalue weighted by molar-refractivity contribution is 0.188. The van der Waals surface area contributed by atoms with Crippen molar-refractivity contribution in [3.63, 3.8) is 0 Å². The summed E-state index contributed by atoms with van der Waals surface area (Å²) in [6, 6.07) is 0. The zero-order chi connectivity index (χ0) is 5.54. The van der Waals surface area contributed by atoms with Crippen LogP contribution in [0.25, 0.3) is 0 Å². The van der Waals surface area contributed by atoms with Gasteiger partial charge in [-0.3, -0.25) is 0 Å². The number of hydrogen-bond donors (Lipinski definition) is 1. The van der Waals surface area contributed by atoms with E-state index in [0.717, 1.165) is 19.5 Å². The van der Waals surface area contributed by atoms with Gasteiger partial charge in [0.15, 0.2) is 0 Å². The van der Waals surface area contributed by atoms with E-state index in [2.05, 4.69) is 5.32 Å². The summed E-state index contributed by atoms with van der Waals surface area (Å²) in [5.74, 6) is 0. The Morgan fingerprint density at radius 1 is 1.57 bits per heavy atom. The molecular weight excluding hydrogens is 90.1 g/mol. The van der Waals surface area contributed by atoms with Crippen LogP contribution in [-0.4, -0.2) is 19.7 Å². The van der Waals surface area contributed by atoms with Crippen LogP contribution in [0.4, 0.5) is 0 Å². The Hall–Kier alpha value is -0.0800. The van der Waals surface area contributed by atoms with Crippen LogP contribution >= 0.6 is 0 Å². The molecular formula is C5H12NO. The van der Waals surface area contributed by atoms with Crippen molar-refractivity contribution in [2.75, 3.05) is 19.7 Å². The highest BCUT2D eigenvalue weighted by molar-refractivity contribution is 4.39. The predicted octanol–water partition coefficient (Wildman–Crippen LogP) is 0.416. The van der Waals surface area contributed by atoms with Crippen molar-refractivity contribution < 1.29 is 5.11 Å². The Balaban J connectivity index is 2.45. The van der Waals surface area contributed by atoms with Crippen LogP contribution in [0, 0.1) is 0 Å². The lowest BCUT2D eigenvalue weighted by Crippen LogP contribution is -2.14. The Morgan fingerprint density at radius 3 is 2.71 bits per heavy atom. The molecule has 0 aliphatic heterocycles. The molecule has 0 rings (SSSR count). The Labute approximate surface area is 44.5 Å². The first-order valence-electron chi connectivity index (χ1n) is 2.70. The van der Waals surface area contributed by atoms with Crippen LogP contribution < -0.4 is 5.32 Å². The molecule has 43 valence electrons. The normalized spacial score (nSPS) is 9.43. The van der Waals surface area contributed by atoms with Crippen molar-refractivity contribution in [2.45, 2.75) is 13.3 Å². The van der Waals surface area contributed by atoms with Crippen LogP contribution in [0.15, 0.2) is 0 Å². The molecule has 0 unspecified atom stereocenters. The van der Waals surface area contributed by atoms with Gasteiger partial charge in [-0.15, -0.1) is 0 Å². The van der Waals surface area contributed by atoms with E-state index in [9.17, 15) is 5.11 Å². The van der Waals surface area contributed by atoms with Gasteiger partial charge in [0.2, 0.25) is 0 Å². The lowest BCUT2D eigenvalue weighted by Gasteiger charge is -1.93. The molecule has 0 saturated heterocycles. The molecule has 2 heteroatoms. The maximum Gasteiger partial charge on any atom is 0.0834 e. The first-order valence-corrected chi connectivity index (χ1v) is 2.70. The number of nitrogens with one attached hydrogen (secondary N) is 1. The minimum atomic E-state index is 0.0486. The summed E-state index contributed by atoms with van der Waals surface area (Å²) < 4.78 is 0. The standard InChI is InChI=1S/C5H12NO/c1-2-6-4-3-5-7/h6H,2-5H2,1H3. The minimum Gasteiger partial charge on any atom is -0.317 e. The van der Waals surface area contributed by atoms with Crippen LogP contribution in [0.3, 0.4) is 0 Å². The Kier molecular flexibility index (Phi) is 5.85. The summed E-state index contributed by atoms with van der Waals surface area (Å²) in [4.78, 5) is 0. The van der Waals surface area contributed by atoms with Gasteiger partial charge >= 0.3 is 0 Å². The van der Waals surface area contributed by atoms with E-state index >= 15 is 0 Å². The van der Waals surface area contributed by atoms with Crippen LogP contribution in [0.5, 0.6) is 0 Å². The van der Waals surface area contributed by atoms with Crippen LogP contribution in [0.1, 0.15) is 13.3 Å². The largest absolute Gasteiger partial charge is 0.317 e. The van der Waals surface area contributed by atoms with Crippen LogP contribution in [0.2, 0.25) is 0 Å². The third kappa shape index (κ3) is 5.92. The molecule has 7 heavy (non-hydrogen) atoms. The molecule has 0 aliphatic carbocycles. The van der Waals surface area contributed by atoms with Gasteiger partial charge in [-0.2, -0.15) is 0 Å². The lowest BCUT2D eigenvalue weighted by atomic mass is 10.4. The van der Waals surface area contributed by atoms with Gasteiger partial charge in [0.1, 0.15) is 0 Å².